The van der Waals surface area contributed by atoms with Crippen molar-refractivity contribution < 1.29 is 0 Å². The molecule has 2 aromatic rings. The lowest BCUT2D eigenvalue weighted by molar-refractivity contribution is 0.578. The Hall–Kier alpha value is -1.12. The van der Waals surface area contributed by atoms with Gasteiger partial charge < -0.3 is 5.32 Å². The van der Waals surface area contributed by atoms with Crippen molar-refractivity contribution in [3.8, 4) is 0 Å². The number of thiophene rings is 1. The van der Waals surface area contributed by atoms with Gasteiger partial charge in [0.25, 0.3) is 0 Å². The van der Waals surface area contributed by atoms with E-state index in [9.17, 15) is 0 Å². The number of benzene rings is 1. The van der Waals surface area contributed by atoms with Crippen molar-refractivity contribution in [2.45, 2.75) is 19.4 Å². The molecule has 82 valence electrons. The van der Waals surface area contributed by atoms with E-state index in [1.807, 2.05) is 11.3 Å². The molecule has 1 aromatic heterocycles. The van der Waals surface area contributed by atoms with E-state index in [4.69, 9.17) is 0 Å². The van der Waals surface area contributed by atoms with Gasteiger partial charge in [-0.25, -0.2) is 0 Å². The zero-order valence-electron chi connectivity index (χ0n) is 9.36. The quantitative estimate of drug-likeness (QED) is 0.791. The van der Waals surface area contributed by atoms with Gasteiger partial charge >= 0.3 is 0 Å². The summed E-state index contributed by atoms with van der Waals surface area (Å²) in [7, 11) is 0. The van der Waals surface area contributed by atoms with Gasteiger partial charge in [0, 0.05) is 11.4 Å². The second kappa shape index (κ2) is 4.04. The second-order valence-electron chi connectivity index (χ2n) is 4.36. The van der Waals surface area contributed by atoms with Crippen LogP contribution in [0.1, 0.15) is 27.6 Å². The van der Waals surface area contributed by atoms with Gasteiger partial charge in [0.1, 0.15) is 0 Å². The molecule has 1 aromatic carbocycles. The van der Waals surface area contributed by atoms with Gasteiger partial charge in [-0.05, 0) is 35.9 Å². The minimum Gasteiger partial charge on any atom is -0.305 e. The molecule has 3 rings (SSSR count). The number of nitrogens with one attached hydrogen (secondary N) is 1. The summed E-state index contributed by atoms with van der Waals surface area (Å²) < 4.78 is 0. The SMILES string of the molecule is Cc1ccc(C2NCCc3ccsc32)cc1. The summed E-state index contributed by atoms with van der Waals surface area (Å²) in [5, 5.41) is 5.81. The summed E-state index contributed by atoms with van der Waals surface area (Å²) in [4.78, 5) is 1.50. The fraction of sp³-hybridized carbons (Fsp3) is 0.286. The Balaban J connectivity index is 2.00. The number of fused-ring (bicyclic) bond motifs is 1. The van der Waals surface area contributed by atoms with Gasteiger partial charge in [0.15, 0.2) is 0 Å². The first-order valence-corrected chi connectivity index (χ1v) is 6.59. The van der Waals surface area contributed by atoms with Gasteiger partial charge in [-0.2, -0.15) is 0 Å². The summed E-state index contributed by atoms with van der Waals surface area (Å²) in [5.74, 6) is 0. The molecule has 0 amide bonds. The normalized spacial score (nSPS) is 19.4. The van der Waals surface area contributed by atoms with E-state index in [-0.39, 0.29) is 0 Å². The van der Waals surface area contributed by atoms with Crippen molar-refractivity contribution >= 4 is 11.3 Å². The Morgan fingerprint density at radius 3 is 2.81 bits per heavy atom. The Bertz CT molecular complexity index is 484. The number of hydrogen-bond acceptors (Lipinski definition) is 2. The summed E-state index contributed by atoms with van der Waals surface area (Å²) in [6.45, 7) is 3.22. The van der Waals surface area contributed by atoms with Crippen molar-refractivity contribution in [2.75, 3.05) is 6.54 Å². The van der Waals surface area contributed by atoms with Crippen LogP contribution in [0.2, 0.25) is 0 Å². The predicted molar refractivity (Wildman–Crippen MR) is 69.0 cm³/mol. The summed E-state index contributed by atoms with van der Waals surface area (Å²) in [6, 6.07) is 11.5. The molecule has 1 N–H and O–H groups in total. The minimum absolute atomic E-state index is 0.407. The van der Waals surface area contributed by atoms with Gasteiger partial charge in [-0.3, -0.25) is 0 Å². The molecule has 2 heterocycles. The maximum atomic E-state index is 3.61. The molecule has 16 heavy (non-hydrogen) atoms. The van der Waals surface area contributed by atoms with E-state index in [1.165, 1.54) is 28.0 Å². The molecule has 1 aliphatic heterocycles. The Kier molecular flexibility index (Phi) is 2.54. The van der Waals surface area contributed by atoms with Crippen LogP contribution in [0.5, 0.6) is 0 Å². The Morgan fingerprint density at radius 1 is 1.19 bits per heavy atom. The lowest BCUT2D eigenvalue weighted by atomic mass is 9.97. The number of hydrogen-bond donors (Lipinski definition) is 1. The highest BCUT2D eigenvalue weighted by atomic mass is 32.1. The van der Waals surface area contributed by atoms with Crippen LogP contribution in [0, 0.1) is 6.92 Å². The van der Waals surface area contributed by atoms with Gasteiger partial charge in [0.2, 0.25) is 0 Å². The first-order chi connectivity index (χ1) is 7.84. The molecule has 1 unspecified atom stereocenters. The van der Waals surface area contributed by atoms with Crippen LogP contribution in [0.25, 0.3) is 0 Å². The zero-order valence-corrected chi connectivity index (χ0v) is 10.2. The molecule has 0 saturated carbocycles. The molecule has 0 saturated heterocycles. The van der Waals surface area contributed by atoms with Crippen molar-refractivity contribution in [3.05, 3.63) is 57.3 Å². The lowest BCUT2D eigenvalue weighted by Gasteiger charge is -2.24. The van der Waals surface area contributed by atoms with Crippen molar-refractivity contribution in [3.63, 3.8) is 0 Å². The van der Waals surface area contributed by atoms with E-state index < -0.39 is 0 Å². The molecule has 1 aliphatic rings. The van der Waals surface area contributed by atoms with Crippen LogP contribution in [-0.4, -0.2) is 6.54 Å². The van der Waals surface area contributed by atoms with E-state index >= 15 is 0 Å². The third-order valence-electron chi connectivity index (χ3n) is 3.20. The molecular formula is C14H15NS. The molecule has 0 fully saturated rings. The molecule has 1 nitrogen and oxygen atoms in total. The summed E-state index contributed by atoms with van der Waals surface area (Å²) in [6.07, 6.45) is 1.17. The molecule has 0 spiro atoms. The smallest absolute Gasteiger partial charge is 0.0673 e. The minimum atomic E-state index is 0.407. The summed E-state index contributed by atoms with van der Waals surface area (Å²) >= 11 is 1.87. The predicted octanol–water partition coefficient (Wildman–Crippen LogP) is 3.29. The van der Waals surface area contributed by atoms with Crippen LogP contribution in [0.3, 0.4) is 0 Å². The number of aryl methyl sites for hydroxylation is 1. The van der Waals surface area contributed by atoms with Gasteiger partial charge in [-0.15, -0.1) is 11.3 Å². The molecule has 1 atom stereocenters. The largest absolute Gasteiger partial charge is 0.305 e. The number of rotatable bonds is 1. The Labute approximate surface area is 100 Å². The third kappa shape index (κ3) is 1.68. The highest BCUT2D eigenvalue weighted by molar-refractivity contribution is 7.10. The maximum absolute atomic E-state index is 3.61. The first-order valence-electron chi connectivity index (χ1n) is 5.71. The molecule has 0 radical (unpaired) electrons. The highest BCUT2D eigenvalue weighted by Gasteiger charge is 2.21. The lowest BCUT2D eigenvalue weighted by Crippen LogP contribution is -2.29. The van der Waals surface area contributed by atoms with E-state index in [0.717, 1.165) is 6.54 Å². The van der Waals surface area contributed by atoms with Gasteiger partial charge in [-0.1, -0.05) is 29.8 Å². The molecule has 0 bridgehead atoms. The fourth-order valence-corrected chi connectivity index (χ4v) is 3.34. The van der Waals surface area contributed by atoms with Crippen LogP contribution < -0.4 is 5.32 Å². The van der Waals surface area contributed by atoms with Crippen molar-refractivity contribution in [1.29, 1.82) is 0 Å². The summed E-state index contributed by atoms with van der Waals surface area (Å²) in [5.41, 5.74) is 4.23. The highest BCUT2D eigenvalue weighted by Crippen LogP contribution is 2.32. The molecular weight excluding hydrogens is 214 g/mol. The monoisotopic (exact) mass is 229 g/mol. The van der Waals surface area contributed by atoms with Crippen molar-refractivity contribution in [1.82, 2.24) is 5.32 Å². The molecule has 0 aliphatic carbocycles. The third-order valence-corrected chi connectivity index (χ3v) is 4.22. The zero-order chi connectivity index (χ0) is 11.0. The van der Waals surface area contributed by atoms with Crippen LogP contribution in [-0.2, 0) is 6.42 Å². The second-order valence-corrected chi connectivity index (χ2v) is 5.31. The topological polar surface area (TPSA) is 12.0 Å². The van der Waals surface area contributed by atoms with Crippen LogP contribution in [0.4, 0.5) is 0 Å². The van der Waals surface area contributed by atoms with E-state index in [2.05, 4.69) is 48.0 Å². The maximum Gasteiger partial charge on any atom is 0.0673 e. The average Bonchev–Trinajstić information content (AvgIpc) is 2.78. The Morgan fingerprint density at radius 2 is 2.00 bits per heavy atom. The molecule has 2 heteroatoms. The van der Waals surface area contributed by atoms with Crippen molar-refractivity contribution in [2.24, 2.45) is 0 Å². The van der Waals surface area contributed by atoms with Crippen LogP contribution in [0.15, 0.2) is 35.7 Å². The fourth-order valence-electron chi connectivity index (χ4n) is 2.28. The first kappa shape index (κ1) is 10.1. The van der Waals surface area contributed by atoms with Crippen LogP contribution >= 0.6 is 11.3 Å². The average molecular weight is 229 g/mol. The van der Waals surface area contributed by atoms with E-state index in [0.29, 0.717) is 6.04 Å². The standard InChI is InChI=1S/C14H15NS/c1-10-2-4-11(5-3-10)13-14-12(6-8-15-13)7-9-16-14/h2-5,7,9,13,15H,6,8H2,1H3. The van der Waals surface area contributed by atoms with E-state index in [1.54, 1.807) is 0 Å². The van der Waals surface area contributed by atoms with Gasteiger partial charge in [0.05, 0.1) is 6.04 Å².